The predicted molar refractivity (Wildman–Crippen MR) is 123 cm³/mol. The number of ketones is 1. The van der Waals surface area contributed by atoms with Crippen molar-refractivity contribution in [2.75, 3.05) is 40.4 Å². The highest BCUT2D eigenvalue weighted by molar-refractivity contribution is 6.46. The van der Waals surface area contributed by atoms with Gasteiger partial charge in [-0.15, -0.1) is 0 Å². The molecule has 0 saturated carbocycles. The van der Waals surface area contributed by atoms with Gasteiger partial charge in [-0.25, -0.2) is 0 Å². The van der Waals surface area contributed by atoms with Gasteiger partial charge in [0, 0.05) is 24.2 Å². The maximum absolute atomic E-state index is 13.1. The maximum atomic E-state index is 13.1. The van der Waals surface area contributed by atoms with Gasteiger partial charge in [-0.1, -0.05) is 12.1 Å². The van der Waals surface area contributed by atoms with Gasteiger partial charge in [-0.3, -0.25) is 19.7 Å². The fourth-order valence-corrected chi connectivity index (χ4v) is 4.17. The van der Waals surface area contributed by atoms with Crippen LogP contribution in [0.15, 0.2) is 48.0 Å². The van der Waals surface area contributed by atoms with Crippen LogP contribution >= 0.6 is 0 Å². The van der Waals surface area contributed by atoms with Gasteiger partial charge >= 0.3 is 0 Å². The van der Waals surface area contributed by atoms with Crippen molar-refractivity contribution < 1.29 is 29.1 Å². The zero-order chi connectivity index (χ0) is 24.4. The third-order valence-electron chi connectivity index (χ3n) is 5.76. The molecule has 10 nitrogen and oxygen atoms in total. The Morgan fingerprint density at radius 3 is 2.59 bits per heavy atom. The molecule has 1 saturated heterocycles. The van der Waals surface area contributed by atoms with Crippen molar-refractivity contribution in [1.29, 1.82) is 0 Å². The molecule has 178 valence electrons. The first kappa shape index (κ1) is 23.2. The van der Waals surface area contributed by atoms with Crippen LogP contribution in [0.2, 0.25) is 0 Å². The lowest BCUT2D eigenvalue weighted by molar-refractivity contribution is -0.384. The highest BCUT2D eigenvalue weighted by atomic mass is 16.6. The number of non-ortho nitro benzene ring substituents is 1. The molecule has 4 rings (SSSR count). The second-order valence-electron chi connectivity index (χ2n) is 8.36. The molecule has 34 heavy (non-hydrogen) atoms. The number of likely N-dealkylation sites (tertiary alicyclic amines) is 1. The largest absolute Gasteiger partial charge is 0.507 e. The molecule has 1 unspecified atom stereocenters. The Morgan fingerprint density at radius 2 is 1.88 bits per heavy atom. The van der Waals surface area contributed by atoms with Crippen LogP contribution in [0.4, 0.5) is 5.69 Å². The number of nitro groups is 1. The molecule has 0 spiro atoms. The molecule has 1 N–H and O–H groups in total. The molecule has 2 aliphatic heterocycles. The Balaban J connectivity index is 1.81. The summed E-state index contributed by atoms with van der Waals surface area (Å²) in [6.07, 6.45) is 0.579. The minimum atomic E-state index is -0.963. The van der Waals surface area contributed by atoms with Crippen LogP contribution in [0.3, 0.4) is 0 Å². The summed E-state index contributed by atoms with van der Waals surface area (Å²) in [6, 6.07) is 9.56. The minimum absolute atomic E-state index is 0.118. The minimum Gasteiger partial charge on any atom is -0.507 e. The number of Topliss-reactive ketones (excluding diaryl/α,β-unsaturated/α-hetero) is 1. The van der Waals surface area contributed by atoms with Crippen molar-refractivity contribution >= 4 is 23.1 Å². The van der Waals surface area contributed by atoms with Crippen LogP contribution in [0.1, 0.15) is 23.6 Å². The summed E-state index contributed by atoms with van der Waals surface area (Å²) >= 11 is 0. The van der Waals surface area contributed by atoms with Crippen LogP contribution in [0, 0.1) is 10.1 Å². The van der Waals surface area contributed by atoms with E-state index in [0.29, 0.717) is 43.2 Å². The van der Waals surface area contributed by atoms with Crippen LogP contribution in [-0.2, 0) is 9.59 Å². The molecule has 1 amide bonds. The van der Waals surface area contributed by atoms with Crippen molar-refractivity contribution in [1.82, 2.24) is 9.80 Å². The van der Waals surface area contributed by atoms with Gasteiger partial charge < -0.3 is 24.4 Å². The number of fused-ring (bicyclic) bond motifs is 1. The quantitative estimate of drug-likeness (QED) is 0.217. The van der Waals surface area contributed by atoms with E-state index in [1.165, 1.54) is 23.1 Å². The van der Waals surface area contributed by atoms with Gasteiger partial charge in [0.05, 0.1) is 16.5 Å². The van der Waals surface area contributed by atoms with Crippen LogP contribution < -0.4 is 9.47 Å². The van der Waals surface area contributed by atoms with Crippen molar-refractivity contribution in [3.8, 4) is 11.5 Å². The zero-order valence-corrected chi connectivity index (χ0v) is 18.9. The molecule has 10 heteroatoms. The van der Waals surface area contributed by atoms with E-state index in [9.17, 15) is 24.8 Å². The van der Waals surface area contributed by atoms with Crippen LogP contribution in [0.5, 0.6) is 11.5 Å². The smallest absolute Gasteiger partial charge is 0.295 e. The van der Waals surface area contributed by atoms with E-state index >= 15 is 0 Å². The molecule has 2 aliphatic rings. The van der Waals surface area contributed by atoms with Crippen molar-refractivity contribution in [3.63, 3.8) is 0 Å². The molecule has 0 bridgehead atoms. The molecular formula is C24H25N3O7. The molecule has 1 fully saturated rings. The van der Waals surface area contributed by atoms with E-state index in [4.69, 9.17) is 9.47 Å². The number of carbonyl (C=O) groups excluding carboxylic acids is 2. The van der Waals surface area contributed by atoms with E-state index in [-0.39, 0.29) is 29.1 Å². The highest BCUT2D eigenvalue weighted by Gasteiger charge is 2.46. The molecule has 2 heterocycles. The summed E-state index contributed by atoms with van der Waals surface area (Å²) in [4.78, 5) is 40.3. The first-order chi connectivity index (χ1) is 16.3. The van der Waals surface area contributed by atoms with Gasteiger partial charge in [-0.05, 0) is 50.8 Å². The summed E-state index contributed by atoms with van der Waals surface area (Å²) in [5.74, 6) is -1.03. The van der Waals surface area contributed by atoms with Crippen molar-refractivity contribution in [3.05, 3.63) is 69.3 Å². The van der Waals surface area contributed by atoms with Crippen LogP contribution in [0.25, 0.3) is 5.76 Å². The number of nitrogens with zero attached hydrogens (tertiary/aromatic N) is 3. The van der Waals surface area contributed by atoms with Crippen molar-refractivity contribution in [2.45, 2.75) is 12.5 Å². The maximum Gasteiger partial charge on any atom is 0.295 e. The second-order valence-corrected chi connectivity index (χ2v) is 8.36. The highest BCUT2D eigenvalue weighted by Crippen LogP contribution is 2.41. The number of amides is 1. The van der Waals surface area contributed by atoms with Crippen molar-refractivity contribution in [2.24, 2.45) is 0 Å². The number of nitro benzene ring substituents is 1. The first-order valence-electron chi connectivity index (χ1n) is 10.9. The first-order valence-corrected chi connectivity index (χ1v) is 10.9. The lowest BCUT2D eigenvalue weighted by Gasteiger charge is -2.26. The number of benzene rings is 2. The number of rotatable bonds is 7. The number of hydrogen-bond donors (Lipinski definition) is 1. The van der Waals surface area contributed by atoms with E-state index < -0.39 is 22.7 Å². The third kappa shape index (κ3) is 4.44. The molecule has 2 aromatic carbocycles. The molecular weight excluding hydrogens is 442 g/mol. The lowest BCUT2D eigenvalue weighted by atomic mass is 9.94. The fraction of sp³-hybridized carbons (Fsp3) is 0.333. The Bertz CT molecular complexity index is 1170. The summed E-state index contributed by atoms with van der Waals surface area (Å²) in [5.41, 5.74) is 0.367. The summed E-state index contributed by atoms with van der Waals surface area (Å²) in [5, 5.41) is 22.6. The van der Waals surface area contributed by atoms with E-state index in [1.807, 2.05) is 19.0 Å². The average molecular weight is 467 g/mol. The third-order valence-corrected chi connectivity index (χ3v) is 5.76. The number of carbonyl (C=O) groups is 2. The van der Waals surface area contributed by atoms with Gasteiger partial charge in [-0.2, -0.15) is 0 Å². The summed E-state index contributed by atoms with van der Waals surface area (Å²) in [6.45, 7) is 1.67. The second kappa shape index (κ2) is 9.52. The topological polar surface area (TPSA) is 122 Å². The monoisotopic (exact) mass is 467 g/mol. The Labute approximate surface area is 196 Å². The Morgan fingerprint density at radius 1 is 1.15 bits per heavy atom. The number of aliphatic hydroxyl groups excluding tert-OH is 1. The zero-order valence-electron chi connectivity index (χ0n) is 18.9. The summed E-state index contributed by atoms with van der Waals surface area (Å²) < 4.78 is 11.1. The molecule has 0 radical (unpaired) electrons. The molecule has 1 atom stereocenters. The predicted octanol–water partition coefficient (Wildman–Crippen LogP) is 2.74. The molecule has 0 aromatic heterocycles. The normalized spacial score (nSPS) is 19.0. The Kier molecular flexibility index (Phi) is 6.51. The molecule has 0 aliphatic carbocycles. The average Bonchev–Trinajstić information content (AvgIpc) is 3.08. The Hall–Kier alpha value is -3.92. The number of aliphatic hydroxyl groups is 1. The fourth-order valence-electron chi connectivity index (χ4n) is 4.17. The number of ether oxygens (including phenoxy) is 2. The van der Waals surface area contributed by atoms with Crippen LogP contribution in [-0.4, -0.2) is 71.9 Å². The van der Waals surface area contributed by atoms with Gasteiger partial charge in [0.15, 0.2) is 11.5 Å². The summed E-state index contributed by atoms with van der Waals surface area (Å²) in [7, 11) is 3.79. The molecule has 2 aromatic rings. The van der Waals surface area contributed by atoms with Gasteiger partial charge in [0.25, 0.3) is 17.4 Å². The van der Waals surface area contributed by atoms with E-state index in [2.05, 4.69) is 0 Å². The lowest BCUT2D eigenvalue weighted by Crippen LogP contribution is -2.32. The van der Waals surface area contributed by atoms with Gasteiger partial charge in [0.2, 0.25) is 0 Å². The van der Waals surface area contributed by atoms with E-state index in [0.717, 1.165) is 0 Å². The van der Waals surface area contributed by atoms with E-state index in [1.54, 1.807) is 24.3 Å². The SMILES string of the molecule is CN(C)CCCN1C(=O)C(=O)C(=C(O)c2ccc3c(c2)OCCO3)C1c1cccc([N+](=O)[O-])c1. The number of hydrogen-bond acceptors (Lipinski definition) is 8. The van der Waals surface area contributed by atoms with Gasteiger partial charge in [0.1, 0.15) is 19.0 Å². The standard InChI is InChI=1S/C24H25N3O7/c1-25(2)9-4-10-26-21(15-5-3-6-17(13-15)27(31)32)20(23(29)24(26)30)22(28)16-7-8-18-19(14-16)34-12-11-33-18/h3,5-8,13-14,21,28H,4,9-12H2,1-2H3.